The summed E-state index contributed by atoms with van der Waals surface area (Å²) in [5.41, 5.74) is 1.65. The molecule has 1 aliphatic heterocycles. The number of carbonyl (C=O) groups excluding carboxylic acids is 1. The zero-order valence-electron chi connectivity index (χ0n) is 18.7. The number of amides is 1. The Labute approximate surface area is 215 Å². The smallest absolute Gasteiger partial charge is 0.296 e. The van der Waals surface area contributed by atoms with Crippen molar-refractivity contribution in [3.8, 4) is 5.75 Å². The molecule has 1 amide bonds. The molecule has 1 heterocycles. The van der Waals surface area contributed by atoms with E-state index >= 15 is 0 Å². The monoisotopic (exact) mass is 515 g/mol. The fourth-order valence-corrected chi connectivity index (χ4v) is 4.77. The Bertz CT molecular complexity index is 1560. The van der Waals surface area contributed by atoms with Crippen LogP contribution in [0.1, 0.15) is 11.1 Å². The number of aliphatic imine (C=N–C) groups is 1. The third-order valence-corrected chi connectivity index (χ3v) is 6.62. The summed E-state index contributed by atoms with van der Waals surface area (Å²) in [6.45, 7) is 0.369. The van der Waals surface area contributed by atoms with E-state index in [0.717, 1.165) is 33.7 Å². The van der Waals surface area contributed by atoms with Crippen molar-refractivity contribution in [1.82, 2.24) is 5.32 Å². The molecule has 7 nitrogen and oxygen atoms in total. The van der Waals surface area contributed by atoms with Crippen molar-refractivity contribution in [3.63, 3.8) is 0 Å². The second-order valence-corrected chi connectivity index (χ2v) is 9.30. The van der Waals surface area contributed by atoms with Crippen LogP contribution in [0.15, 0.2) is 94.8 Å². The fourth-order valence-electron chi connectivity index (χ4n) is 3.77. The van der Waals surface area contributed by atoms with Crippen LogP contribution < -0.4 is 10.1 Å². The third kappa shape index (κ3) is 5.10. The molecule has 0 radical (unpaired) electrons. The van der Waals surface area contributed by atoms with E-state index in [1.807, 2.05) is 48.5 Å². The molecule has 178 valence electrons. The molecule has 0 saturated carbocycles. The lowest BCUT2D eigenvalue weighted by atomic mass is 10.1. The second kappa shape index (κ2) is 10.2. The number of nitro groups is 1. The molecular weight excluding hydrogens is 498 g/mol. The van der Waals surface area contributed by atoms with Gasteiger partial charge in [0.05, 0.1) is 9.83 Å². The van der Waals surface area contributed by atoms with Crippen LogP contribution in [0, 0.1) is 10.1 Å². The zero-order valence-corrected chi connectivity index (χ0v) is 20.3. The summed E-state index contributed by atoms with van der Waals surface area (Å²) in [5, 5.41) is 16.7. The molecule has 0 aliphatic carbocycles. The average molecular weight is 516 g/mol. The van der Waals surface area contributed by atoms with Crippen molar-refractivity contribution in [2.45, 2.75) is 6.61 Å². The number of amidine groups is 1. The Balaban J connectivity index is 1.38. The molecule has 1 fully saturated rings. The number of para-hydroxylation sites is 1. The summed E-state index contributed by atoms with van der Waals surface area (Å²) >= 11 is 6.97. The number of hydrogen-bond acceptors (Lipinski definition) is 6. The lowest BCUT2D eigenvalue weighted by Crippen LogP contribution is -2.19. The maximum Gasteiger partial charge on any atom is 0.296 e. The highest BCUT2D eigenvalue weighted by Gasteiger charge is 2.25. The minimum absolute atomic E-state index is 0.104. The third-order valence-electron chi connectivity index (χ3n) is 5.48. The van der Waals surface area contributed by atoms with Gasteiger partial charge in [-0.2, -0.15) is 0 Å². The largest absolute Gasteiger partial charge is 0.488 e. The van der Waals surface area contributed by atoms with E-state index in [0.29, 0.717) is 17.3 Å². The molecule has 4 aromatic rings. The SMILES string of the molecule is O=C1NC(=Nc2ccc(Cl)cc2[N+](=O)[O-])S/C1=C/c1ccccc1OCc1cccc2ccccc12. The summed E-state index contributed by atoms with van der Waals surface area (Å²) in [6, 6.07) is 25.8. The van der Waals surface area contributed by atoms with Crippen molar-refractivity contribution in [1.29, 1.82) is 0 Å². The van der Waals surface area contributed by atoms with Crippen LogP contribution >= 0.6 is 23.4 Å². The van der Waals surface area contributed by atoms with E-state index in [-0.39, 0.29) is 27.5 Å². The zero-order chi connectivity index (χ0) is 25.1. The van der Waals surface area contributed by atoms with Crippen molar-refractivity contribution in [3.05, 3.63) is 116 Å². The maximum atomic E-state index is 12.6. The number of hydrogen-bond donors (Lipinski definition) is 1. The first-order valence-electron chi connectivity index (χ1n) is 10.9. The number of nitrogens with zero attached hydrogens (tertiary/aromatic N) is 2. The lowest BCUT2D eigenvalue weighted by Gasteiger charge is -2.11. The van der Waals surface area contributed by atoms with Crippen LogP contribution in [0.5, 0.6) is 5.75 Å². The van der Waals surface area contributed by atoms with Gasteiger partial charge in [-0.25, -0.2) is 4.99 Å². The van der Waals surface area contributed by atoms with Gasteiger partial charge < -0.3 is 10.1 Å². The molecule has 1 saturated heterocycles. The molecule has 5 rings (SSSR count). The first kappa shape index (κ1) is 23.6. The quantitative estimate of drug-likeness (QED) is 0.172. The number of nitrogens with one attached hydrogen (secondary N) is 1. The summed E-state index contributed by atoms with van der Waals surface area (Å²) < 4.78 is 6.15. The molecule has 0 unspecified atom stereocenters. The van der Waals surface area contributed by atoms with E-state index < -0.39 is 4.92 Å². The van der Waals surface area contributed by atoms with Crippen molar-refractivity contribution < 1.29 is 14.5 Å². The molecular formula is C27H18ClN3O4S. The predicted molar refractivity (Wildman–Crippen MR) is 144 cm³/mol. The Kier molecular flexibility index (Phi) is 6.71. The minimum Gasteiger partial charge on any atom is -0.488 e. The molecule has 4 aromatic carbocycles. The van der Waals surface area contributed by atoms with Crippen LogP contribution in [-0.4, -0.2) is 16.0 Å². The van der Waals surface area contributed by atoms with E-state index in [1.165, 1.54) is 18.2 Å². The second-order valence-electron chi connectivity index (χ2n) is 7.84. The molecule has 0 bridgehead atoms. The van der Waals surface area contributed by atoms with Gasteiger partial charge in [-0.05, 0) is 52.4 Å². The van der Waals surface area contributed by atoms with Gasteiger partial charge in [-0.15, -0.1) is 0 Å². The average Bonchev–Trinajstić information content (AvgIpc) is 3.22. The Morgan fingerprint density at radius 3 is 2.67 bits per heavy atom. The van der Waals surface area contributed by atoms with E-state index in [9.17, 15) is 14.9 Å². The molecule has 0 spiro atoms. The molecule has 0 atom stereocenters. The molecule has 9 heteroatoms. The molecule has 36 heavy (non-hydrogen) atoms. The van der Waals surface area contributed by atoms with Crippen LogP contribution in [0.3, 0.4) is 0 Å². The van der Waals surface area contributed by atoms with Crippen LogP contribution in [0.4, 0.5) is 11.4 Å². The Hall–Kier alpha value is -4.14. The highest BCUT2D eigenvalue weighted by atomic mass is 35.5. The fraction of sp³-hybridized carbons (Fsp3) is 0.0370. The number of ether oxygens (including phenoxy) is 1. The number of nitro benzene ring substituents is 1. The Morgan fingerprint density at radius 1 is 1.03 bits per heavy atom. The van der Waals surface area contributed by atoms with Gasteiger partial charge in [-0.3, -0.25) is 14.9 Å². The summed E-state index contributed by atoms with van der Waals surface area (Å²) in [6.07, 6.45) is 1.72. The van der Waals surface area contributed by atoms with Crippen LogP contribution in [-0.2, 0) is 11.4 Å². The highest BCUT2D eigenvalue weighted by Crippen LogP contribution is 2.35. The Morgan fingerprint density at radius 2 is 1.81 bits per heavy atom. The summed E-state index contributed by atoms with van der Waals surface area (Å²) in [5.74, 6) is 0.282. The van der Waals surface area contributed by atoms with Crippen molar-refractivity contribution in [2.24, 2.45) is 4.99 Å². The van der Waals surface area contributed by atoms with E-state index in [2.05, 4.69) is 28.5 Å². The number of fused-ring (bicyclic) bond motifs is 1. The van der Waals surface area contributed by atoms with Gasteiger partial charge in [0, 0.05) is 16.7 Å². The number of halogens is 1. The van der Waals surface area contributed by atoms with E-state index in [1.54, 1.807) is 6.08 Å². The van der Waals surface area contributed by atoms with Crippen molar-refractivity contribution >= 4 is 62.7 Å². The normalized spacial score (nSPS) is 15.4. The minimum atomic E-state index is -0.563. The first-order chi connectivity index (χ1) is 17.5. The van der Waals surface area contributed by atoms with Gasteiger partial charge in [-0.1, -0.05) is 72.3 Å². The van der Waals surface area contributed by atoms with Crippen LogP contribution in [0.25, 0.3) is 16.8 Å². The van der Waals surface area contributed by atoms with Gasteiger partial charge in [0.25, 0.3) is 11.6 Å². The predicted octanol–water partition coefficient (Wildman–Crippen LogP) is 6.87. The van der Waals surface area contributed by atoms with Gasteiger partial charge in [0.1, 0.15) is 18.0 Å². The number of rotatable bonds is 6. The van der Waals surface area contributed by atoms with Gasteiger partial charge in [0.15, 0.2) is 5.17 Å². The van der Waals surface area contributed by atoms with E-state index in [4.69, 9.17) is 16.3 Å². The highest BCUT2D eigenvalue weighted by molar-refractivity contribution is 8.18. The van der Waals surface area contributed by atoms with Crippen LogP contribution in [0.2, 0.25) is 5.02 Å². The topological polar surface area (TPSA) is 93.8 Å². The number of thioether (sulfide) groups is 1. The number of benzene rings is 4. The molecule has 0 aromatic heterocycles. The van der Waals surface area contributed by atoms with Gasteiger partial charge >= 0.3 is 0 Å². The molecule has 1 aliphatic rings. The number of carbonyl (C=O) groups is 1. The lowest BCUT2D eigenvalue weighted by molar-refractivity contribution is -0.384. The first-order valence-corrected chi connectivity index (χ1v) is 12.1. The standard InChI is InChI=1S/C27H18ClN3O4S/c28-20-12-13-22(23(15-20)31(33)34)29-27-30-26(32)25(36-27)14-18-7-2-4-11-24(18)35-16-19-9-5-8-17-6-1-3-10-21(17)19/h1-15H,16H2,(H,29,30,32)/b25-14+. The summed E-state index contributed by atoms with van der Waals surface area (Å²) in [4.78, 5) is 28.1. The summed E-state index contributed by atoms with van der Waals surface area (Å²) in [7, 11) is 0. The molecule has 1 N–H and O–H groups in total. The maximum absolute atomic E-state index is 12.6. The van der Waals surface area contributed by atoms with Crippen molar-refractivity contribution in [2.75, 3.05) is 0 Å². The van der Waals surface area contributed by atoms with Gasteiger partial charge in [0.2, 0.25) is 0 Å².